The van der Waals surface area contributed by atoms with Crippen LogP contribution in [0.3, 0.4) is 0 Å². The normalized spacial score (nSPS) is 16.8. The summed E-state index contributed by atoms with van der Waals surface area (Å²) in [5.41, 5.74) is 0.907. The van der Waals surface area contributed by atoms with Crippen LogP contribution in [0.4, 0.5) is 0 Å². The first-order valence-corrected chi connectivity index (χ1v) is 7.71. The summed E-state index contributed by atoms with van der Waals surface area (Å²) in [6.07, 6.45) is 1.73. The molecule has 0 saturated heterocycles. The number of aliphatic hydroxyl groups excluding tert-OH is 1. The third-order valence-corrected chi connectivity index (χ3v) is 4.70. The van der Waals surface area contributed by atoms with Gasteiger partial charge in [-0.3, -0.25) is 0 Å². The van der Waals surface area contributed by atoms with Crippen molar-refractivity contribution in [3.8, 4) is 6.07 Å². The monoisotopic (exact) mass is 280 g/mol. The van der Waals surface area contributed by atoms with E-state index in [0.29, 0.717) is 17.7 Å². The number of nitrogens with zero attached hydrogens (tertiary/aromatic N) is 1. The van der Waals surface area contributed by atoms with Crippen molar-refractivity contribution in [3.63, 3.8) is 0 Å². The molecule has 0 bridgehead atoms. The topological polar surface area (TPSA) is 90.2 Å². The Bertz CT molecular complexity index is 583. The molecule has 0 spiro atoms. The molecule has 1 aromatic rings. The van der Waals surface area contributed by atoms with Crippen molar-refractivity contribution >= 4 is 10.0 Å². The lowest BCUT2D eigenvalue weighted by Gasteiger charge is -2.13. The molecule has 1 saturated carbocycles. The van der Waals surface area contributed by atoms with Crippen molar-refractivity contribution in [1.29, 1.82) is 5.26 Å². The van der Waals surface area contributed by atoms with E-state index in [9.17, 15) is 8.42 Å². The minimum atomic E-state index is -3.40. The van der Waals surface area contributed by atoms with Crippen LogP contribution in [0.25, 0.3) is 0 Å². The van der Waals surface area contributed by atoms with Crippen molar-refractivity contribution in [2.45, 2.75) is 18.6 Å². The molecule has 0 heterocycles. The Labute approximate surface area is 112 Å². The minimum absolute atomic E-state index is 0.0202. The van der Waals surface area contributed by atoms with Gasteiger partial charge in [0.2, 0.25) is 10.0 Å². The predicted octanol–water partition coefficient (Wildman–Crippen LogP) is 0.750. The lowest BCUT2D eigenvalue weighted by atomic mass is 10.1. The van der Waals surface area contributed by atoms with E-state index in [-0.39, 0.29) is 17.8 Å². The van der Waals surface area contributed by atoms with Crippen LogP contribution in [0, 0.1) is 16.7 Å². The molecule has 0 radical (unpaired) electrons. The predicted molar refractivity (Wildman–Crippen MR) is 70.5 cm³/mol. The average Bonchev–Trinajstić information content (AvgIpc) is 3.18. The summed E-state index contributed by atoms with van der Waals surface area (Å²) in [6.45, 7) is 0.314. The lowest BCUT2D eigenvalue weighted by Crippen LogP contribution is -2.32. The number of rotatable bonds is 6. The third-order valence-electron chi connectivity index (χ3n) is 3.40. The quantitative estimate of drug-likeness (QED) is 0.804. The Hall–Kier alpha value is -1.42. The highest BCUT2D eigenvalue weighted by atomic mass is 32.2. The standard InChI is InChI=1S/C13H16N2O3S/c14-7-11-1-3-12(4-2-11)8-19(17,18)15-9-13(10-16)5-6-13/h1-4,15-16H,5-6,8-10H2. The van der Waals surface area contributed by atoms with Crippen LogP contribution < -0.4 is 4.72 Å². The summed E-state index contributed by atoms with van der Waals surface area (Å²) >= 11 is 0. The van der Waals surface area contributed by atoms with Crippen molar-refractivity contribution < 1.29 is 13.5 Å². The second kappa shape index (κ2) is 5.29. The molecule has 2 rings (SSSR count). The Kier molecular flexibility index (Phi) is 3.90. The molecule has 1 fully saturated rings. The first-order valence-electron chi connectivity index (χ1n) is 6.06. The van der Waals surface area contributed by atoms with E-state index in [0.717, 1.165) is 12.8 Å². The number of nitrogens with one attached hydrogen (secondary N) is 1. The maximum absolute atomic E-state index is 11.9. The molecule has 1 aliphatic carbocycles. The van der Waals surface area contributed by atoms with Crippen LogP contribution in [-0.4, -0.2) is 26.7 Å². The first kappa shape index (κ1) is 14.0. The minimum Gasteiger partial charge on any atom is -0.396 e. The van der Waals surface area contributed by atoms with Crippen LogP contribution >= 0.6 is 0 Å². The molecule has 19 heavy (non-hydrogen) atoms. The molecule has 1 aromatic carbocycles. The average molecular weight is 280 g/mol. The fourth-order valence-electron chi connectivity index (χ4n) is 1.78. The number of sulfonamides is 1. The van der Waals surface area contributed by atoms with Gasteiger partial charge >= 0.3 is 0 Å². The Balaban J connectivity index is 1.94. The smallest absolute Gasteiger partial charge is 0.215 e. The molecule has 0 aromatic heterocycles. The van der Waals surface area contributed by atoms with E-state index in [1.165, 1.54) is 0 Å². The number of aliphatic hydroxyl groups is 1. The van der Waals surface area contributed by atoms with Gasteiger partial charge < -0.3 is 5.11 Å². The molecule has 0 amide bonds. The summed E-state index contributed by atoms with van der Waals surface area (Å²) in [5.74, 6) is -0.111. The van der Waals surface area contributed by atoms with Crippen LogP contribution in [0.2, 0.25) is 0 Å². The van der Waals surface area contributed by atoms with E-state index < -0.39 is 10.0 Å². The zero-order valence-electron chi connectivity index (χ0n) is 10.5. The fraction of sp³-hybridized carbons (Fsp3) is 0.462. The Morgan fingerprint density at radius 3 is 2.42 bits per heavy atom. The highest BCUT2D eigenvalue weighted by Gasteiger charge is 2.42. The number of nitriles is 1. The van der Waals surface area contributed by atoms with Gasteiger partial charge in [0.05, 0.1) is 17.4 Å². The van der Waals surface area contributed by atoms with Gasteiger partial charge in [0.15, 0.2) is 0 Å². The summed E-state index contributed by atoms with van der Waals surface area (Å²) in [7, 11) is -3.40. The maximum atomic E-state index is 11.9. The fourth-order valence-corrected chi connectivity index (χ4v) is 3.04. The van der Waals surface area contributed by atoms with E-state index in [1.54, 1.807) is 24.3 Å². The van der Waals surface area contributed by atoms with Gasteiger partial charge in [-0.05, 0) is 30.5 Å². The van der Waals surface area contributed by atoms with Crippen LogP contribution in [0.1, 0.15) is 24.0 Å². The SMILES string of the molecule is N#Cc1ccc(CS(=O)(=O)NCC2(CO)CC2)cc1. The highest BCUT2D eigenvalue weighted by molar-refractivity contribution is 7.88. The first-order chi connectivity index (χ1) is 8.99. The number of benzene rings is 1. The molecule has 102 valence electrons. The Morgan fingerprint density at radius 2 is 1.95 bits per heavy atom. The van der Waals surface area contributed by atoms with Gasteiger partial charge in [0, 0.05) is 18.6 Å². The second-order valence-electron chi connectivity index (χ2n) is 5.05. The lowest BCUT2D eigenvalue weighted by molar-refractivity contribution is 0.213. The summed E-state index contributed by atoms with van der Waals surface area (Å²) in [6, 6.07) is 8.45. The van der Waals surface area contributed by atoms with Gasteiger partial charge in [-0.1, -0.05) is 12.1 Å². The molecule has 5 nitrogen and oxygen atoms in total. The molecule has 0 unspecified atom stereocenters. The van der Waals surface area contributed by atoms with Gasteiger partial charge in [0.1, 0.15) is 0 Å². The third kappa shape index (κ3) is 3.77. The summed E-state index contributed by atoms with van der Waals surface area (Å²) < 4.78 is 26.3. The van der Waals surface area contributed by atoms with Crippen molar-refractivity contribution in [3.05, 3.63) is 35.4 Å². The van der Waals surface area contributed by atoms with Gasteiger partial charge in [0.25, 0.3) is 0 Å². The van der Waals surface area contributed by atoms with Crippen molar-refractivity contribution in [2.75, 3.05) is 13.2 Å². The van der Waals surface area contributed by atoms with Gasteiger partial charge in [-0.15, -0.1) is 0 Å². The van der Waals surface area contributed by atoms with E-state index in [2.05, 4.69) is 4.72 Å². The molecular weight excluding hydrogens is 264 g/mol. The summed E-state index contributed by atoms with van der Waals surface area (Å²) in [5, 5.41) is 17.8. The zero-order valence-corrected chi connectivity index (χ0v) is 11.3. The largest absolute Gasteiger partial charge is 0.396 e. The van der Waals surface area contributed by atoms with Crippen LogP contribution in [0.5, 0.6) is 0 Å². The second-order valence-corrected chi connectivity index (χ2v) is 6.85. The molecule has 0 atom stereocenters. The van der Waals surface area contributed by atoms with Crippen molar-refractivity contribution in [1.82, 2.24) is 4.72 Å². The molecule has 0 aliphatic heterocycles. The van der Waals surface area contributed by atoms with Gasteiger partial charge in [-0.25, -0.2) is 13.1 Å². The van der Waals surface area contributed by atoms with Crippen LogP contribution in [0.15, 0.2) is 24.3 Å². The van der Waals surface area contributed by atoms with Crippen molar-refractivity contribution in [2.24, 2.45) is 5.41 Å². The van der Waals surface area contributed by atoms with E-state index in [1.807, 2.05) is 6.07 Å². The summed E-state index contributed by atoms with van der Waals surface area (Å²) in [4.78, 5) is 0. The highest BCUT2D eigenvalue weighted by Crippen LogP contribution is 2.44. The number of hydrogen-bond donors (Lipinski definition) is 2. The maximum Gasteiger partial charge on any atom is 0.215 e. The molecular formula is C13H16N2O3S. The van der Waals surface area contributed by atoms with E-state index in [4.69, 9.17) is 10.4 Å². The molecule has 6 heteroatoms. The zero-order chi connectivity index (χ0) is 13.9. The van der Waals surface area contributed by atoms with Gasteiger partial charge in [-0.2, -0.15) is 5.26 Å². The van der Waals surface area contributed by atoms with E-state index >= 15 is 0 Å². The Morgan fingerprint density at radius 1 is 1.32 bits per heavy atom. The molecule has 2 N–H and O–H groups in total. The number of hydrogen-bond acceptors (Lipinski definition) is 4. The van der Waals surface area contributed by atoms with Crippen LogP contribution in [-0.2, 0) is 15.8 Å². The molecule has 1 aliphatic rings.